The van der Waals surface area contributed by atoms with Crippen LogP contribution in [0.2, 0.25) is 0 Å². The quantitative estimate of drug-likeness (QED) is 0.579. The number of ether oxygens (including phenoxy) is 1. The molecule has 1 saturated heterocycles. The maximum Gasteiger partial charge on any atom is 0.191 e. The van der Waals surface area contributed by atoms with E-state index in [-0.39, 0.29) is 6.10 Å². The molecule has 1 heterocycles. The summed E-state index contributed by atoms with van der Waals surface area (Å²) in [6.07, 6.45) is 4.00. The van der Waals surface area contributed by atoms with Gasteiger partial charge >= 0.3 is 0 Å². The first-order valence-corrected chi connectivity index (χ1v) is 9.87. The van der Waals surface area contributed by atoms with Crippen molar-refractivity contribution in [3.63, 3.8) is 0 Å². The number of benzene rings is 1. The van der Waals surface area contributed by atoms with Crippen LogP contribution in [0.3, 0.4) is 0 Å². The topological polar surface area (TPSA) is 48.9 Å². The number of likely N-dealkylation sites (tertiary alicyclic amines) is 1. The minimum Gasteiger partial charge on any atom is -0.491 e. The van der Waals surface area contributed by atoms with E-state index in [1.54, 1.807) is 0 Å². The van der Waals surface area contributed by atoms with Gasteiger partial charge < -0.3 is 20.3 Å². The average molecular weight is 361 g/mol. The van der Waals surface area contributed by atoms with E-state index >= 15 is 0 Å². The first-order chi connectivity index (χ1) is 12.5. The molecular weight excluding hydrogens is 324 g/mol. The molecule has 0 radical (unpaired) electrons. The standard InChI is InChI=1S/C21H36N4O/c1-16(2)26-20-14-17(3)6-7-19(20)15-24-21(22-4)23-11-8-18-9-12-25(5)13-10-18/h6-7,14,16,18H,8-13,15H2,1-5H3,(H2,22,23,24). The Bertz CT molecular complexity index is 577. The van der Waals surface area contributed by atoms with E-state index in [1.165, 1.54) is 37.9 Å². The SMILES string of the molecule is CN=C(NCCC1CCN(C)CC1)NCc1ccc(C)cc1OC(C)C. The lowest BCUT2D eigenvalue weighted by atomic mass is 9.94. The molecule has 0 unspecified atom stereocenters. The van der Waals surface area contributed by atoms with Gasteiger partial charge in [-0.15, -0.1) is 0 Å². The molecule has 2 N–H and O–H groups in total. The van der Waals surface area contributed by atoms with Crippen molar-refractivity contribution in [3.05, 3.63) is 29.3 Å². The average Bonchev–Trinajstić information content (AvgIpc) is 2.60. The third-order valence-corrected chi connectivity index (χ3v) is 4.94. The largest absolute Gasteiger partial charge is 0.491 e. The fourth-order valence-electron chi connectivity index (χ4n) is 3.32. The maximum absolute atomic E-state index is 5.96. The summed E-state index contributed by atoms with van der Waals surface area (Å²) in [5.41, 5.74) is 2.37. The van der Waals surface area contributed by atoms with Crippen LogP contribution in [0.15, 0.2) is 23.2 Å². The molecule has 5 nitrogen and oxygen atoms in total. The zero-order valence-electron chi connectivity index (χ0n) is 17.1. The van der Waals surface area contributed by atoms with E-state index in [0.29, 0.717) is 6.54 Å². The van der Waals surface area contributed by atoms with Crippen LogP contribution in [0, 0.1) is 12.8 Å². The fraction of sp³-hybridized carbons (Fsp3) is 0.667. The smallest absolute Gasteiger partial charge is 0.191 e. The molecule has 0 bridgehead atoms. The van der Waals surface area contributed by atoms with Crippen LogP contribution in [0.5, 0.6) is 5.75 Å². The first-order valence-electron chi connectivity index (χ1n) is 9.87. The summed E-state index contributed by atoms with van der Waals surface area (Å²) in [7, 11) is 4.04. The van der Waals surface area contributed by atoms with Crippen LogP contribution >= 0.6 is 0 Å². The van der Waals surface area contributed by atoms with E-state index in [2.05, 4.69) is 66.5 Å². The molecule has 1 aromatic rings. The van der Waals surface area contributed by atoms with Gasteiger partial charge in [0.05, 0.1) is 6.10 Å². The molecule has 0 aliphatic carbocycles. The van der Waals surface area contributed by atoms with Gasteiger partial charge in [-0.3, -0.25) is 4.99 Å². The molecule has 5 heteroatoms. The van der Waals surface area contributed by atoms with Crippen molar-refractivity contribution >= 4 is 5.96 Å². The predicted octanol–water partition coefficient (Wildman–Crippen LogP) is 3.18. The maximum atomic E-state index is 5.96. The molecule has 0 amide bonds. The van der Waals surface area contributed by atoms with E-state index in [0.717, 1.165) is 29.7 Å². The molecule has 0 aromatic heterocycles. The number of aryl methyl sites for hydroxylation is 1. The van der Waals surface area contributed by atoms with Gasteiger partial charge in [0.2, 0.25) is 0 Å². The number of rotatable bonds is 7. The van der Waals surface area contributed by atoms with Gasteiger partial charge in [-0.1, -0.05) is 12.1 Å². The highest BCUT2D eigenvalue weighted by molar-refractivity contribution is 5.79. The fourth-order valence-corrected chi connectivity index (χ4v) is 3.32. The van der Waals surface area contributed by atoms with Gasteiger partial charge in [0.1, 0.15) is 5.75 Å². The van der Waals surface area contributed by atoms with Crippen molar-refractivity contribution < 1.29 is 4.74 Å². The summed E-state index contributed by atoms with van der Waals surface area (Å²) in [5.74, 6) is 2.64. The molecule has 1 aliphatic rings. The minimum absolute atomic E-state index is 0.169. The van der Waals surface area contributed by atoms with Crippen LogP contribution in [0.25, 0.3) is 0 Å². The summed E-state index contributed by atoms with van der Waals surface area (Å²) < 4.78 is 5.96. The van der Waals surface area contributed by atoms with E-state index in [9.17, 15) is 0 Å². The summed E-state index contributed by atoms with van der Waals surface area (Å²) in [6, 6.07) is 6.36. The second kappa shape index (κ2) is 10.4. The number of hydrogen-bond acceptors (Lipinski definition) is 3. The third kappa shape index (κ3) is 6.87. The number of piperidine rings is 1. The Morgan fingerprint density at radius 1 is 1.27 bits per heavy atom. The van der Waals surface area contributed by atoms with E-state index < -0.39 is 0 Å². The van der Waals surface area contributed by atoms with Gasteiger partial charge in [-0.25, -0.2) is 0 Å². The van der Waals surface area contributed by atoms with Crippen molar-refractivity contribution in [2.45, 2.75) is 52.7 Å². The minimum atomic E-state index is 0.169. The Kier molecular flexibility index (Phi) is 8.23. The summed E-state index contributed by atoms with van der Waals surface area (Å²) >= 11 is 0. The molecule has 1 fully saturated rings. The molecule has 1 aromatic carbocycles. The lowest BCUT2D eigenvalue weighted by Gasteiger charge is -2.29. The monoisotopic (exact) mass is 360 g/mol. The lowest BCUT2D eigenvalue weighted by molar-refractivity contribution is 0.213. The zero-order chi connectivity index (χ0) is 18.9. The Labute approximate surface area is 159 Å². The van der Waals surface area contributed by atoms with Gasteiger partial charge in [0, 0.05) is 25.7 Å². The zero-order valence-corrected chi connectivity index (χ0v) is 17.1. The Balaban J connectivity index is 1.79. The number of hydrogen-bond donors (Lipinski definition) is 2. The van der Waals surface area contributed by atoms with Crippen LogP contribution in [-0.2, 0) is 6.54 Å². The summed E-state index contributed by atoms with van der Waals surface area (Å²) in [4.78, 5) is 6.77. The molecule has 0 spiro atoms. The number of guanidine groups is 1. The second-order valence-corrected chi connectivity index (χ2v) is 7.67. The molecule has 0 saturated carbocycles. The van der Waals surface area contributed by atoms with Crippen LogP contribution in [0.1, 0.15) is 44.2 Å². The number of aliphatic imine (C=N–C) groups is 1. The molecule has 0 atom stereocenters. The number of nitrogens with one attached hydrogen (secondary N) is 2. The van der Waals surface area contributed by atoms with Gasteiger partial charge in [-0.05, 0) is 77.7 Å². The van der Waals surface area contributed by atoms with Crippen LogP contribution < -0.4 is 15.4 Å². The van der Waals surface area contributed by atoms with E-state index in [1.807, 2.05) is 7.05 Å². The van der Waals surface area contributed by atoms with Crippen LogP contribution in [-0.4, -0.2) is 50.7 Å². The highest BCUT2D eigenvalue weighted by Crippen LogP contribution is 2.21. The Hall–Kier alpha value is -1.75. The molecular formula is C21H36N4O. The van der Waals surface area contributed by atoms with Crippen molar-refractivity contribution in [1.82, 2.24) is 15.5 Å². The highest BCUT2D eigenvalue weighted by atomic mass is 16.5. The number of nitrogens with zero attached hydrogens (tertiary/aromatic N) is 2. The van der Waals surface area contributed by atoms with E-state index in [4.69, 9.17) is 4.74 Å². The van der Waals surface area contributed by atoms with Gasteiger partial charge in [-0.2, -0.15) is 0 Å². The molecule has 26 heavy (non-hydrogen) atoms. The Morgan fingerprint density at radius 3 is 2.65 bits per heavy atom. The normalized spacial score (nSPS) is 16.8. The lowest BCUT2D eigenvalue weighted by Crippen LogP contribution is -2.38. The van der Waals surface area contributed by atoms with Crippen molar-refractivity contribution in [1.29, 1.82) is 0 Å². The molecule has 1 aliphatic heterocycles. The van der Waals surface area contributed by atoms with Crippen molar-refractivity contribution in [3.8, 4) is 5.75 Å². The summed E-state index contributed by atoms with van der Waals surface area (Å²) in [5, 5.41) is 6.87. The van der Waals surface area contributed by atoms with Crippen molar-refractivity contribution in [2.24, 2.45) is 10.9 Å². The first kappa shape index (κ1) is 20.6. The third-order valence-electron chi connectivity index (χ3n) is 4.94. The second-order valence-electron chi connectivity index (χ2n) is 7.67. The predicted molar refractivity (Wildman–Crippen MR) is 110 cm³/mol. The van der Waals surface area contributed by atoms with Crippen LogP contribution in [0.4, 0.5) is 0 Å². The highest BCUT2D eigenvalue weighted by Gasteiger charge is 2.16. The molecule has 146 valence electrons. The van der Waals surface area contributed by atoms with Gasteiger partial charge in [0.15, 0.2) is 5.96 Å². The van der Waals surface area contributed by atoms with Gasteiger partial charge in [0.25, 0.3) is 0 Å². The van der Waals surface area contributed by atoms with Crippen molar-refractivity contribution in [2.75, 3.05) is 33.7 Å². The Morgan fingerprint density at radius 2 is 2.00 bits per heavy atom. The summed E-state index contributed by atoms with van der Waals surface area (Å²) in [6.45, 7) is 10.3. The molecule has 2 rings (SSSR count).